The number of carboxylic acid groups (broad SMARTS) is 1. The van der Waals surface area contributed by atoms with E-state index in [0.717, 1.165) is 45.3 Å². The molecule has 1 heterocycles. The number of carbonyl (C=O) groups is 2. The molecule has 0 bridgehead atoms. The minimum absolute atomic E-state index is 0.0349. The Morgan fingerprint density at radius 1 is 0.872 bits per heavy atom. The molecule has 0 saturated carbocycles. The van der Waals surface area contributed by atoms with Crippen molar-refractivity contribution >= 4 is 22.8 Å². The molecule has 1 unspecified atom stereocenters. The quantitative estimate of drug-likeness (QED) is 0.224. The second-order valence-electron chi connectivity index (χ2n) is 9.92. The van der Waals surface area contributed by atoms with Crippen LogP contribution < -0.4 is 5.32 Å². The summed E-state index contributed by atoms with van der Waals surface area (Å²) in [4.78, 5) is 24.8. The highest BCUT2D eigenvalue weighted by atomic mass is 16.4. The lowest BCUT2D eigenvalue weighted by molar-refractivity contribution is 0.0697. The molecule has 2 N–H and O–H groups in total. The number of carboxylic acids is 1. The molecule has 0 saturated heterocycles. The highest BCUT2D eigenvalue weighted by Crippen LogP contribution is 2.29. The fourth-order valence-corrected chi connectivity index (χ4v) is 5.24. The molecule has 0 aliphatic heterocycles. The average Bonchev–Trinajstić information content (AvgIpc) is 3.20. The number of aromatic carboxylic acids is 1. The van der Waals surface area contributed by atoms with Crippen molar-refractivity contribution in [1.29, 1.82) is 0 Å². The van der Waals surface area contributed by atoms with Crippen LogP contribution in [0.5, 0.6) is 0 Å². The maximum atomic E-state index is 13.2. The summed E-state index contributed by atoms with van der Waals surface area (Å²) in [5.74, 6) is -1.01. The van der Waals surface area contributed by atoms with Crippen LogP contribution >= 0.6 is 0 Å². The summed E-state index contributed by atoms with van der Waals surface area (Å²) >= 11 is 0. The molecule has 0 aliphatic rings. The molecular formula is C34H32N2O3. The number of nitrogens with zero attached hydrogens (tertiary/aromatic N) is 1. The smallest absolute Gasteiger partial charge is 0.336 e. The van der Waals surface area contributed by atoms with Crippen LogP contribution in [0.15, 0.2) is 97.1 Å². The maximum Gasteiger partial charge on any atom is 0.336 e. The highest BCUT2D eigenvalue weighted by molar-refractivity contribution is 5.99. The van der Waals surface area contributed by atoms with Crippen LogP contribution in [0.3, 0.4) is 0 Å². The molecule has 5 aromatic rings. The summed E-state index contributed by atoms with van der Waals surface area (Å²) in [5.41, 5.74) is 8.13. The number of hydrogen-bond donors (Lipinski definition) is 2. The average molecular weight is 517 g/mol. The lowest BCUT2D eigenvalue weighted by Crippen LogP contribution is -2.28. The largest absolute Gasteiger partial charge is 0.478 e. The summed E-state index contributed by atoms with van der Waals surface area (Å²) in [6, 6.07) is 31.0. The Morgan fingerprint density at radius 2 is 1.56 bits per heavy atom. The van der Waals surface area contributed by atoms with Crippen molar-refractivity contribution in [3.63, 3.8) is 0 Å². The van der Waals surface area contributed by atoms with Gasteiger partial charge in [0.25, 0.3) is 5.91 Å². The van der Waals surface area contributed by atoms with Gasteiger partial charge >= 0.3 is 5.97 Å². The Morgan fingerprint density at radius 3 is 2.26 bits per heavy atom. The normalized spacial score (nSPS) is 11.9. The fraction of sp³-hybridized carbons (Fsp3) is 0.176. The van der Waals surface area contributed by atoms with Crippen LogP contribution in [0, 0.1) is 13.8 Å². The predicted molar refractivity (Wildman–Crippen MR) is 156 cm³/mol. The summed E-state index contributed by atoms with van der Waals surface area (Å²) in [6.07, 6.45) is 0.813. The van der Waals surface area contributed by atoms with Gasteiger partial charge in [0.15, 0.2) is 0 Å². The molecule has 5 rings (SSSR count). The van der Waals surface area contributed by atoms with E-state index < -0.39 is 5.97 Å². The standard InChI is InChI=1S/C34H32N2O3/c1-4-31(26-10-6-5-7-11-26)35-33(37)27-18-19-32-30(20-27)22(2)23(3)36(32)21-24-14-16-25(17-15-24)28-12-8-9-13-29(28)34(38)39/h5-20,31H,4,21H2,1-3H3,(H,35,37)(H,38,39). The predicted octanol–water partition coefficient (Wildman–Crippen LogP) is 7.55. The van der Waals surface area contributed by atoms with Gasteiger partial charge in [-0.1, -0.05) is 79.7 Å². The van der Waals surface area contributed by atoms with E-state index in [9.17, 15) is 14.7 Å². The molecule has 0 fully saturated rings. The second kappa shape index (κ2) is 11.0. The van der Waals surface area contributed by atoms with E-state index in [-0.39, 0.29) is 11.9 Å². The Balaban J connectivity index is 1.39. The molecule has 0 radical (unpaired) electrons. The first kappa shape index (κ1) is 26.0. The maximum absolute atomic E-state index is 13.2. The first-order chi connectivity index (χ1) is 18.9. The number of aromatic nitrogens is 1. The fourth-order valence-electron chi connectivity index (χ4n) is 5.24. The molecule has 39 heavy (non-hydrogen) atoms. The van der Waals surface area contributed by atoms with E-state index in [2.05, 4.69) is 30.7 Å². The Kier molecular flexibility index (Phi) is 7.33. The van der Waals surface area contributed by atoms with Gasteiger partial charge in [-0.15, -0.1) is 0 Å². The lowest BCUT2D eigenvalue weighted by Gasteiger charge is -2.17. The van der Waals surface area contributed by atoms with Gasteiger partial charge in [-0.3, -0.25) is 4.79 Å². The minimum Gasteiger partial charge on any atom is -0.478 e. The van der Waals surface area contributed by atoms with E-state index >= 15 is 0 Å². The summed E-state index contributed by atoms with van der Waals surface area (Å²) in [6.45, 7) is 6.95. The van der Waals surface area contributed by atoms with E-state index in [4.69, 9.17) is 0 Å². The third-order valence-electron chi connectivity index (χ3n) is 7.58. The molecule has 0 spiro atoms. The van der Waals surface area contributed by atoms with Crippen LogP contribution in [0.2, 0.25) is 0 Å². The van der Waals surface area contributed by atoms with Crippen LogP contribution in [-0.2, 0) is 6.54 Å². The number of benzene rings is 4. The van der Waals surface area contributed by atoms with Gasteiger partial charge in [0.05, 0.1) is 11.6 Å². The van der Waals surface area contributed by atoms with Gasteiger partial charge in [0.1, 0.15) is 0 Å². The topological polar surface area (TPSA) is 71.3 Å². The highest BCUT2D eigenvalue weighted by Gasteiger charge is 2.17. The number of nitrogens with one attached hydrogen (secondary N) is 1. The first-order valence-electron chi connectivity index (χ1n) is 13.2. The number of amides is 1. The van der Waals surface area contributed by atoms with Crippen molar-refractivity contribution < 1.29 is 14.7 Å². The Labute approximate surface area is 228 Å². The second-order valence-corrected chi connectivity index (χ2v) is 9.92. The van der Waals surface area contributed by atoms with E-state index in [1.807, 2.05) is 84.9 Å². The SMILES string of the molecule is CCC(NC(=O)c1ccc2c(c1)c(C)c(C)n2Cc1ccc(-c2ccccc2C(=O)O)cc1)c1ccccc1. The number of aryl methyl sites for hydroxylation is 1. The van der Waals surface area contributed by atoms with Crippen LogP contribution in [-0.4, -0.2) is 21.6 Å². The van der Waals surface area contributed by atoms with Crippen molar-refractivity contribution in [2.45, 2.75) is 39.8 Å². The minimum atomic E-state index is -0.932. The molecular weight excluding hydrogens is 484 g/mol. The van der Waals surface area contributed by atoms with Gasteiger partial charge in [-0.05, 0) is 72.4 Å². The van der Waals surface area contributed by atoms with Gasteiger partial charge in [0.2, 0.25) is 0 Å². The molecule has 5 heteroatoms. The van der Waals surface area contributed by atoms with Gasteiger partial charge in [-0.2, -0.15) is 0 Å². The van der Waals surface area contributed by atoms with Gasteiger partial charge in [0, 0.05) is 28.7 Å². The van der Waals surface area contributed by atoms with E-state index in [1.165, 1.54) is 0 Å². The third-order valence-corrected chi connectivity index (χ3v) is 7.58. The molecule has 0 aliphatic carbocycles. The number of hydrogen-bond acceptors (Lipinski definition) is 2. The van der Waals surface area contributed by atoms with Gasteiger partial charge in [-0.25, -0.2) is 4.79 Å². The van der Waals surface area contributed by atoms with E-state index in [0.29, 0.717) is 23.2 Å². The Bertz CT molecular complexity index is 1650. The summed E-state index contributed by atoms with van der Waals surface area (Å²) < 4.78 is 2.27. The van der Waals surface area contributed by atoms with Crippen molar-refractivity contribution in [2.24, 2.45) is 0 Å². The van der Waals surface area contributed by atoms with Crippen molar-refractivity contribution in [1.82, 2.24) is 9.88 Å². The van der Waals surface area contributed by atoms with Crippen molar-refractivity contribution in [3.8, 4) is 11.1 Å². The third kappa shape index (κ3) is 5.21. The van der Waals surface area contributed by atoms with E-state index in [1.54, 1.807) is 12.1 Å². The Hall–Kier alpha value is -4.64. The molecule has 1 aromatic heterocycles. The zero-order chi connectivity index (χ0) is 27.5. The van der Waals surface area contributed by atoms with Crippen LogP contribution in [0.4, 0.5) is 0 Å². The molecule has 5 nitrogen and oxygen atoms in total. The summed E-state index contributed by atoms with van der Waals surface area (Å²) in [7, 11) is 0. The zero-order valence-corrected chi connectivity index (χ0v) is 22.4. The van der Waals surface area contributed by atoms with Crippen LogP contribution in [0.25, 0.3) is 22.0 Å². The van der Waals surface area contributed by atoms with Crippen LogP contribution in [0.1, 0.15) is 62.5 Å². The van der Waals surface area contributed by atoms with Crippen molar-refractivity contribution in [3.05, 3.63) is 131 Å². The monoisotopic (exact) mass is 516 g/mol. The molecule has 1 atom stereocenters. The molecule has 196 valence electrons. The zero-order valence-electron chi connectivity index (χ0n) is 22.4. The first-order valence-corrected chi connectivity index (χ1v) is 13.2. The number of fused-ring (bicyclic) bond motifs is 1. The summed E-state index contributed by atoms with van der Waals surface area (Å²) in [5, 5.41) is 13.8. The molecule has 4 aromatic carbocycles. The van der Waals surface area contributed by atoms with Gasteiger partial charge < -0.3 is 15.0 Å². The number of rotatable bonds is 8. The lowest BCUT2D eigenvalue weighted by atomic mass is 9.99. The van der Waals surface area contributed by atoms with Crippen molar-refractivity contribution in [2.75, 3.05) is 0 Å². The number of carbonyl (C=O) groups excluding carboxylic acids is 1. The molecule has 1 amide bonds.